The lowest BCUT2D eigenvalue weighted by Crippen LogP contribution is -2.12. The molecule has 0 saturated heterocycles. The predicted octanol–water partition coefficient (Wildman–Crippen LogP) is 5.81. The van der Waals surface area contributed by atoms with Gasteiger partial charge >= 0.3 is 0 Å². The van der Waals surface area contributed by atoms with Crippen molar-refractivity contribution in [2.75, 3.05) is 10.9 Å². The minimum absolute atomic E-state index is 0.692. The molecule has 0 amide bonds. The van der Waals surface area contributed by atoms with E-state index in [1.165, 1.54) is 0 Å². The first-order valence-corrected chi connectivity index (χ1v) is 9.10. The highest BCUT2D eigenvalue weighted by Gasteiger charge is 2.11. The van der Waals surface area contributed by atoms with Crippen molar-refractivity contribution in [2.45, 2.75) is 6.92 Å². The van der Waals surface area contributed by atoms with Gasteiger partial charge in [-0.1, -0.05) is 52.3 Å². The number of halogens is 1. The molecule has 128 valence electrons. The summed E-state index contributed by atoms with van der Waals surface area (Å²) in [7, 11) is 0. The summed E-state index contributed by atoms with van der Waals surface area (Å²) in [6.07, 6.45) is 0. The van der Waals surface area contributed by atoms with Crippen LogP contribution in [0.15, 0.2) is 77.3 Å². The second kappa shape index (κ2) is 7.14. The Bertz CT molecular complexity index is 1050. The van der Waals surface area contributed by atoms with Crippen LogP contribution in [0.2, 0.25) is 0 Å². The van der Waals surface area contributed by atoms with Crippen molar-refractivity contribution in [3.8, 4) is 11.3 Å². The third-order valence-corrected chi connectivity index (χ3v) is 4.57. The van der Waals surface area contributed by atoms with E-state index in [4.69, 9.17) is 9.97 Å². The normalized spacial score (nSPS) is 10.7. The van der Waals surface area contributed by atoms with Crippen LogP contribution >= 0.6 is 15.9 Å². The van der Waals surface area contributed by atoms with Gasteiger partial charge in [0.25, 0.3) is 0 Å². The Morgan fingerprint density at radius 2 is 1.54 bits per heavy atom. The van der Waals surface area contributed by atoms with Gasteiger partial charge in [-0.15, -0.1) is 0 Å². The zero-order valence-electron chi connectivity index (χ0n) is 14.2. The molecule has 0 aliphatic rings. The van der Waals surface area contributed by atoms with E-state index in [0.717, 1.165) is 38.0 Å². The van der Waals surface area contributed by atoms with Crippen molar-refractivity contribution in [1.82, 2.24) is 9.97 Å². The van der Waals surface area contributed by atoms with Crippen molar-refractivity contribution >= 4 is 38.5 Å². The Hall–Kier alpha value is -2.92. The number of nitrogens with one attached hydrogen (secondary N) is 2. The zero-order chi connectivity index (χ0) is 17.9. The molecule has 4 aromatic rings. The standard InChI is InChI=1S/C21H17BrN4/c1-14-7-12-18-19(13-14)24-21(20(23-18)15-5-3-2-4-6-15)26-25-17-10-8-16(22)9-11-17/h2-13,25H,1H3,(H,24,26). The molecule has 5 heteroatoms. The third kappa shape index (κ3) is 3.53. The van der Waals surface area contributed by atoms with Gasteiger partial charge in [0.1, 0.15) is 5.69 Å². The highest BCUT2D eigenvalue weighted by atomic mass is 79.9. The Labute approximate surface area is 160 Å². The Balaban J connectivity index is 1.75. The van der Waals surface area contributed by atoms with Gasteiger partial charge in [0.15, 0.2) is 5.82 Å². The highest BCUT2D eigenvalue weighted by molar-refractivity contribution is 9.10. The van der Waals surface area contributed by atoms with Gasteiger partial charge in [0.2, 0.25) is 0 Å². The second-order valence-corrected chi connectivity index (χ2v) is 6.95. The highest BCUT2D eigenvalue weighted by Crippen LogP contribution is 2.27. The van der Waals surface area contributed by atoms with Crippen LogP contribution in [0.4, 0.5) is 11.5 Å². The molecule has 3 aromatic carbocycles. The lowest BCUT2D eigenvalue weighted by atomic mass is 10.1. The van der Waals surface area contributed by atoms with E-state index >= 15 is 0 Å². The van der Waals surface area contributed by atoms with Crippen LogP contribution in [-0.4, -0.2) is 9.97 Å². The summed E-state index contributed by atoms with van der Waals surface area (Å²) in [5, 5.41) is 0. The van der Waals surface area contributed by atoms with Crippen molar-refractivity contribution in [3.63, 3.8) is 0 Å². The molecular weight excluding hydrogens is 388 g/mol. The molecule has 0 bridgehead atoms. The molecule has 2 N–H and O–H groups in total. The summed E-state index contributed by atoms with van der Waals surface area (Å²) in [5.74, 6) is 0.692. The minimum Gasteiger partial charge on any atom is -0.300 e. The van der Waals surface area contributed by atoms with Crippen LogP contribution in [0.25, 0.3) is 22.3 Å². The van der Waals surface area contributed by atoms with Gasteiger partial charge in [-0.2, -0.15) is 0 Å². The topological polar surface area (TPSA) is 49.8 Å². The van der Waals surface area contributed by atoms with Gasteiger partial charge in [0, 0.05) is 10.0 Å². The summed E-state index contributed by atoms with van der Waals surface area (Å²) in [4.78, 5) is 9.64. The average Bonchev–Trinajstić information content (AvgIpc) is 2.67. The van der Waals surface area contributed by atoms with Gasteiger partial charge in [0.05, 0.1) is 16.7 Å². The lowest BCUT2D eigenvalue weighted by Gasteiger charge is -2.14. The smallest absolute Gasteiger partial charge is 0.171 e. The average molecular weight is 405 g/mol. The van der Waals surface area contributed by atoms with E-state index in [1.54, 1.807) is 0 Å². The van der Waals surface area contributed by atoms with Crippen LogP contribution in [0, 0.1) is 6.92 Å². The summed E-state index contributed by atoms with van der Waals surface area (Å²) in [5.41, 5.74) is 12.1. The molecule has 0 spiro atoms. The van der Waals surface area contributed by atoms with Crippen molar-refractivity contribution in [2.24, 2.45) is 0 Å². The quantitative estimate of drug-likeness (QED) is 0.421. The van der Waals surface area contributed by atoms with Gasteiger partial charge in [-0.25, -0.2) is 9.97 Å². The number of nitrogens with zero attached hydrogens (tertiary/aromatic N) is 2. The first-order chi connectivity index (χ1) is 12.7. The number of aryl methyl sites for hydroxylation is 1. The second-order valence-electron chi connectivity index (χ2n) is 6.04. The number of anilines is 2. The molecular formula is C21H17BrN4. The maximum atomic E-state index is 4.84. The summed E-state index contributed by atoms with van der Waals surface area (Å²) >= 11 is 3.45. The largest absolute Gasteiger partial charge is 0.300 e. The molecule has 4 nitrogen and oxygen atoms in total. The monoisotopic (exact) mass is 404 g/mol. The Morgan fingerprint density at radius 3 is 2.31 bits per heavy atom. The van der Waals surface area contributed by atoms with Gasteiger partial charge in [-0.3, -0.25) is 10.9 Å². The summed E-state index contributed by atoms with van der Waals surface area (Å²) in [6, 6.07) is 24.1. The number of hydrazine groups is 1. The Morgan fingerprint density at radius 1 is 0.769 bits per heavy atom. The van der Waals surface area contributed by atoms with Crippen molar-refractivity contribution < 1.29 is 0 Å². The number of hydrogen-bond donors (Lipinski definition) is 2. The van der Waals surface area contributed by atoms with E-state index in [-0.39, 0.29) is 0 Å². The summed E-state index contributed by atoms with van der Waals surface area (Å²) in [6.45, 7) is 2.05. The molecule has 0 atom stereocenters. The van der Waals surface area contributed by atoms with Gasteiger partial charge < -0.3 is 0 Å². The molecule has 0 fully saturated rings. The minimum atomic E-state index is 0.692. The van der Waals surface area contributed by atoms with Crippen LogP contribution in [0.5, 0.6) is 0 Å². The van der Waals surface area contributed by atoms with Gasteiger partial charge in [-0.05, 0) is 48.9 Å². The fourth-order valence-electron chi connectivity index (χ4n) is 2.71. The molecule has 4 rings (SSSR count). The van der Waals surface area contributed by atoms with Crippen LogP contribution in [0.1, 0.15) is 5.56 Å². The molecule has 0 aliphatic carbocycles. The fourth-order valence-corrected chi connectivity index (χ4v) is 2.98. The maximum Gasteiger partial charge on any atom is 0.171 e. The lowest BCUT2D eigenvalue weighted by molar-refractivity contribution is 1.24. The molecule has 26 heavy (non-hydrogen) atoms. The fraction of sp³-hybridized carbons (Fsp3) is 0.0476. The van der Waals surface area contributed by atoms with Crippen LogP contribution in [-0.2, 0) is 0 Å². The maximum absolute atomic E-state index is 4.84. The summed E-state index contributed by atoms with van der Waals surface area (Å²) < 4.78 is 1.04. The number of aromatic nitrogens is 2. The third-order valence-electron chi connectivity index (χ3n) is 4.04. The molecule has 0 saturated carbocycles. The predicted molar refractivity (Wildman–Crippen MR) is 111 cm³/mol. The zero-order valence-corrected chi connectivity index (χ0v) is 15.8. The molecule has 1 heterocycles. The molecule has 1 aromatic heterocycles. The Kier molecular flexibility index (Phi) is 4.54. The van der Waals surface area contributed by atoms with E-state index in [9.17, 15) is 0 Å². The number of hydrogen-bond acceptors (Lipinski definition) is 4. The van der Waals surface area contributed by atoms with Crippen LogP contribution < -0.4 is 10.9 Å². The van der Waals surface area contributed by atoms with Crippen molar-refractivity contribution in [1.29, 1.82) is 0 Å². The molecule has 0 aliphatic heterocycles. The number of benzene rings is 3. The van der Waals surface area contributed by atoms with E-state index < -0.39 is 0 Å². The first kappa shape index (κ1) is 16.5. The molecule has 0 radical (unpaired) electrons. The van der Waals surface area contributed by atoms with E-state index in [0.29, 0.717) is 5.82 Å². The number of rotatable bonds is 4. The number of fused-ring (bicyclic) bond motifs is 1. The SMILES string of the molecule is Cc1ccc2nc(-c3ccccc3)c(NNc3ccc(Br)cc3)nc2c1. The van der Waals surface area contributed by atoms with E-state index in [1.807, 2.05) is 66.7 Å². The van der Waals surface area contributed by atoms with E-state index in [2.05, 4.69) is 39.8 Å². The molecule has 0 unspecified atom stereocenters. The van der Waals surface area contributed by atoms with Crippen molar-refractivity contribution in [3.05, 3.63) is 82.8 Å². The first-order valence-electron chi connectivity index (χ1n) is 8.30. The van der Waals surface area contributed by atoms with Crippen LogP contribution in [0.3, 0.4) is 0 Å².